The zero-order chi connectivity index (χ0) is 20.7. The molecular formula is C22H26FN3O3. The number of amides is 2. The van der Waals surface area contributed by atoms with Gasteiger partial charge in [-0.15, -0.1) is 0 Å². The van der Waals surface area contributed by atoms with Crippen LogP contribution in [0.1, 0.15) is 28.8 Å². The van der Waals surface area contributed by atoms with Gasteiger partial charge in [-0.3, -0.25) is 9.59 Å². The van der Waals surface area contributed by atoms with E-state index in [-0.39, 0.29) is 17.6 Å². The van der Waals surface area contributed by atoms with E-state index in [2.05, 4.69) is 16.0 Å². The van der Waals surface area contributed by atoms with Crippen LogP contribution in [0.4, 0.5) is 10.1 Å². The molecule has 0 spiro atoms. The van der Waals surface area contributed by atoms with Crippen molar-refractivity contribution in [2.24, 2.45) is 5.41 Å². The molecule has 0 atom stereocenters. The van der Waals surface area contributed by atoms with Gasteiger partial charge in [0.2, 0.25) is 5.91 Å². The molecular weight excluding hydrogens is 373 g/mol. The molecule has 1 saturated heterocycles. The van der Waals surface area contributed by atoms with Gasteiger partial charge in [-0.05, 0) is 67.9 Å². The van der Waals surface area contributed by atoms with Crippen molar-refractivity contribution in [3.63, 3.8) is 0 Å². The highest BCUT2D eigenvalue weighted by molar-refractivity contribution is 6.04. The van der Waals surface area contributed by atoms with E-state index in [4.69, 9.17) is 4.74 Å². The molecule has 3 N–H and O–H groups in total. The van der Waals surface area contributed by atoms with Crippen LogP contribution in [0.3, 0.4) is 0 Å². The van der Waals surface area contributed by atoms with Crippen LogP contribution in [-0.2, 0) is 16.1 Å². The normalized spacial score (nSPS) is 15.5. The number of hydrogen-bond donors (Lipinski definition) is 3. The standard InChI is InChI=1S/C22H26FN3O3/c1-29-15-22(10-12-24-13-11-22)21(28)25-14-16-2-4-17(5-3-16)20(27)26-19-8-6-18(23)7-9-19/h2-9,24H,10-15H2,1H3,(H,25,28)(H,26,27). The summed E-state index contributed by atoms with van der Waals surface area (Å²) in [6.45, 7) is 2.39. The van der Waals surface area contributed by atoms with Gasteiger partial charge in [0.1, 0.15) is 5.82 Å². The molecule has 6 nitrogen and oxygen atoms in total. The van der Waals surface area contributed by atoms with Crippen molar-refractivity contribution in [1.82, 2.24) is 10.6 Å². The highest BCUT2D eigenvalue weighted by Crippen LogP contribution is 2.29. The molecule has 1 aliphatic rings. The summed E-state index contributed by atoms with van der Waals surface area (Å²) in [6, 6.07) is 12.6. The Morgan fingerprint density at radius 3 is 2.34 bits per heavy atom. The molecule has 0 aliphatic carbocycles. The molecule has 29 heavy (non-hydrogen) atoms. The predicted octanol–water partition coefficient (Wildman–Crippen LogP) is 2.71. The lowest BCUT2D eigenvalue weighted by Crippen LogP contribution is -2.49. The number of piperidine rings is 1. The molecule has 154 valence electrons. The second-order valence-corrected chi connectivity index (χ2v) is 7.30. The number of carbonyl (C=O) groups is 2. The summed E-state index contributed by atoms with van der Waals surface area (Å²) in [5.74, 6) is -0.633. The monoisotopic (exact) mass is 399 g/mol. The van der Waals surface area contributed by atoms with E-state index in [1.165, 1.54) is 24.3 Å². The van der Waals surface area contributed by atoms with E-state index in [1.54, 1.807) is 19.2 Å². The molecule has 1 aliphatic heterocycles. The predicted molar refractivity (Wildman–Crippen MR) is 109 cm³/mol. The molecule has 2 amide bonds. The Morgan fingerprint density at radius 2 is 1.72 bits per heavy atom. The van der Waals surface area contributed by atoms with Crippen LogP contribution in [-0.4, -0.2) is 38.6 Å². The first-order chi connectivity index (χ1) is 14.0. The van der Waals surface area contributed by atoms with E-state index >= 15 is 0 Å². The van der Waals surface area contributed by atoms with Gasteiger partial charge in [0.05, 0.1) is 12.0 Å². The van der Waals surface area contributed by atoms with Crippen molar-refractivity contribution < 1.29 is 18.7 Å². The number of anilines is 1. The number of hydrogen-bond acceptors (Lipinski definition) is 4. The third-order valence-electron chi connectivity index (χ3n) is 5.23. The lowest BCUT2D eigenvalue weighted by atomic mass is 9.78. The van der Waals surface area contributed by atoms with E-state index < -0.39 is 5.41 Å². The Hall–Kier alpha value is -2.77. The first-order valence-corrected chi connectivity index (χ1v) is 9.66. The van der Waals surface area contributed by atoms with Gasteiger partial charge in [0.25, 0.3) is 5.91 Å². The average molecular weight is 399 g/mol. The number of methoxy groups -OCH3 is 1. The molecule has 0 radical (unpaired) electrons. The lowest BCUT2D eigenvalue weighted by Gasteiger charge is -2.35. The summed E-state index contributed by atoms with van der Waals surface area (Å²) >= 11 is 0. The molecule has 3 rings (SSSR count). The van der Waals surface area contributed by atoms with Crippen molar-refractivity contribution in [1.29, 1.82) is 0 Å². The Morgan fingerprint density at radius 1 is 1.07 bits per heavy atom. The highest BCUT2D eigenvalue weighted by atomic mass is 19.1. The summed E-state index contributed by atoms with van der Waals surface area (Å²) in [5, 5.41) is 9.00. The minimum absolute atomic E-state index is 0.000945. The van der Waals surface area contributed by atoms with Crippen molar-refractivity contribution in [3.05, 3.63) is 65.5 Å². The van der Waals surface area contributed by atoms with Gasteiger partial charge < -0.3 is 20.7 Å². The molecule has 0 saturated carbocycles. The Labute approximate surface area is 169 Å². The van der Waals surface area contributed by atoms with Gasteiger partial charge in [0, 0.05) is 24.9 Å². The van der Waals surface area contributed by atoms with Crippen LogP contribution in [0.15, 0.2) is 48.5 Å². The van der Waals surface area contributed by atoms with Gasteiger partial charge in [0.15, 0.2) is 0 Å². The smallest absolute Gasteiger partial charge is 0.255 e. The van der Waals surface area contributed by atoms with Crippen LogP contribution in [0.2, 0.25) is 0 Å². The number of benzene rings is 2. The number of ether oxygens (including phenoxy) is 1. The van der Waals surface area contributed by atoms with Crippen LogP contribution in [0.25, 0.3) is 0 Å². The maximum Gasteiger partial charge on any atom is 0.255 e. The lowest BCUT2D eigenvalue weighted by molar-refractivity contribution is -0.136. The molecule has 1 fully saturated rings. The largest absolute Gasteiger partial charge is 0.384 e. The van der Waals surface area contributed by atoms with Gasteiger partial charge in [-0.2, -0.15) is 0 Å². The SMILES string of the molecule is COCC1(C(=O)NCc2ccc(C(=O)Nc3ccc(F)cc3)cc2)CCNCC1. The van der Waals surface area contributed by atoms with Crippen LogP contribution in [0.5, 0.6) is 0 Å². The quantitative estimate of drug-likeness (QED) is 0.669. The Bertz CT molecular complexity index is 826. The number of halogens is 1. The molecule has 2 aromatic carbocycles. The number of nitrogens with one attached hydrogen (secondary N) is 3. The highest BCUT2D eigenvalue weighted by Gasteiger charge is 2.39. The molecule has 0 bridgehead atoms. The maximum atomic E-state index is 13.0. The summed E-state index contributed by atoms with van der Waals surface area (Å²) in [5.41, 5.74) is 1.42. The second kappa shape index (κ2) is 9.62. The second-order valence-electron chi connectivity index (χ2n) is 7.30. The fourth-order valence-corrected chi connectivity index (χ4v) is 3.50. The number of carbonyl (C=O) groups excluding carboxylic acids is 2. The Kier molecular flexibility index (Phi) is 6.95. The molecule has 0 unspecified atom stereocenters. The molecule has 7 heteroatoms. The van der Waals surface area contributed by atoms with E-state index in [0.717, 1.165) is 31.5 Å². The van der Waals surface area contributed by atoms with Crippen molar-refractivity contribution >= 4 is 17.5 Å². The van der Waals surface area contributed by atoms with Gasteiger partial charge >= 0.3 is 0 Å². The van der Waals surface area contributed by atoms with Crippen molar-refractivity contribution in [2.75, 3.05) is 32.1 Å². The van der Waals surface area contributed by atoms with Gasteiger partial charge in [-0.1, -0.05) is 12.1 Å². The fourth-order valence-electron chi connectivity index (χ4n) is 3.50. The third kappa shape index (κ3) is 5.40. The zero-order valence-electron chi connectivity index (χ0n) is 16.5. The molecule has 2 aromatic rings. The molecule has 0 aromatic heterocycles. The molecule has 1 heterocycles. The minimum Gasteiger partial charge on any atom is -0.384 e. The van der Waals surface area contributed by atoms with Crippen LogP contribution in [0, 0.1) is 11.2 Å². The minimum atomic E-state index is -0.491. The first kappa shape index (κ1) is 21.0. The van der Waals surface area contributed by atoms with E-state index in [9.17, 15) is 14.0 Å². The number of rotatable bonds is 7. The van der Waals surface area contributed by atoms with Crippen LogP contribution < -0.4 is 16.0 Å². The summed E-state index contributed by atoms with van der Waals surface area (Å²) < 4.78 is 18.3. The first-order valence-electron chi connectivity index (χ1n) is 9.66. The maximum absolute atomic E-state index is 13.0. The Balaban J connectivity index is 1.56. The zero-order valence-corrected chi connectivity index (χ0v) is 16.5. The van der Waals surface area contributed by atoms with Gasteiger partial charge in [-0.25, -0.2) is 4.39 Å². The summed E-state index contributed by atoms with van der Waals surface area (Å²) in [7, 11) is 1.62. The van der Waals surface area contributed by atoms with Crippen LogP contribution >= 0.6 is 0 Å². The average Bonchev–Trinajstić information content (AvgIpc) is 2.75. The van der Waals surface area contributed by atoms with E-state index in [1.807, 2.05) is 12.1 Å². The third-order valence-corrected chi connectivity index (χ3v) is 5.23. The van der Waals surface area contributed by atoms with Crippen molar-refractivity contribution in [2.45, 2.75) is 19.4 Å². The van der Waals surface area contributed by atoms with Crippen molar-refractivity contribution in [3.8, 4) is 0 Å². The topological polar surface area (TPSA) is 79.5 Å². The van der Waals surface area contributed by atoms with E-state index in [0.29, 0.717) is 24.4 Å². The fraction of sp³-hybridized carbons (Fsp3) is 0.364. The summed E-state index contributed by atoms with van der Waals surface area (Å²) in [6.07, 6.45) is 1.49. The summed E-state index contributed by atoms with van der Waals surface area (Å²) in [4.78, 5) is 25.1.